The molecule has 1 aromatic rings. The summed E-state index contributed by atoms with van der Waals surface area (Å²) in [6.07, 6.45) is 0. The van der Waals surface area contributed by atoms with Gasteiger partial charge in [-0.1, -0.05) is 18.2 Å². The van der Waals surface area contributed by atoms with E-state index in [4.69, 9.17) is 0 Å². The van der Waals surface area contributed by atoms with Crippen molar-refractivity contribution >= 4 is 15.7 Å². The number of rotatable bonds is 1. The predicted molar refractivity (Wildman–Crippen MR) is 50.7 cm³/mol. The average Bonchev–Trinajstić information content (AvgIpc) is 2.48. The predicted octanol–water partition coefficient (Wildman–Crippen LogP) is 0.341. The van der Waals surface area contributed by atoms with Crippen molar-refractivity contribution in [3.05, 3.63) is 30.3 Å². The monoisotopic (exact) mass is 198 g/mol. The maximum atomic E-state index is 11.1. The molecule has 70 valence electrons. The number of hydrogen-bond donors (Lipinski definition) is 1. The van der Waals surface area contributed by atoms with Crippen LogP contribution in [-0.2, 0) is 10.0 Å². The Hall–Kier alpha value is -1.07. The van der Waals surface area contributed by atoms with Crippen molar-refractivity contribution in [2.24, 2.45) is 0 Å². The maximum absolute atomic E-state index is 11.1. The summed E-state index contributed by atoms with van der Waals surface area (Å²) >= 11 is 0. The van der Waals surface area contributed by atoms with Gasteiger partial charge in [-0.25, -0.2) is 8.42 Å². The Morgan fingerprint density at radius 1 is 1.23 bits per heavy atom. The van der Waals surface area contributed by atoms with E-state index in [-0.39, 0.29) is 5.75 Å². The van der Waals surface area contributed by atoms with E-state index >= 15 is 0 Å². The lowest BCUT2D eigenvalue weighted by Gasteiger charge is -2.15. The van der Waals surface area contributed by atoms with Gasteiger partial charge in [0.2, 0.25) is 10.0 Å². The van der Waals surface area contributed by atoms with E-state index in [1.54, 1.807) is 5.01 Å². The first-order valence-electron chi connectivity index (χ1n) is 4.00. The molecule has 13 heavy (non-hydrogen) atoms. The number of hydrazine groups is 1. The van der Waals surface area contributed by atoms with Gasteiger partial charge in [-0.15, -0.1) is 4.83 Å². The first kappa shape index (κ1) is 8.52. The number of hydrogen-bond acceptors (Lipinski definition) is 3. The van der Waals surface area contributed by atoms with Gasteiger partial charge in [-0.05, 0) is 12.1 Å². The third-order valence-corrected chi connectivity index (χ3v) is 3.12. The van der Waals surface area contributed by atoms with Crippen molar-refractivity contribution in [3.63, 3.8) is 0 Å². The first-order valence-corrected chi connectivity index (χ1v) is 5.65. The molecule has 4 nitrogen and oxygen atoms in total. The van der Waals surface area contributed by atoms with Crippen LogP contribution < -0.4 is 9.84 Å². The molecule has 0 saturated carbocycles. The van der Waals surface area contributed by atoms with Gasteiger partial charge in [-0.3, -0.25) is 5.01 Å². The molecule has 1 aliphatic rings. The fourth-order valence-corrected chi connectivity index (χ4v) is 2.31. The molecular formula is C8H10N2O2S. The number of anilines is 1. The number of nitrogens with one attached hydrogen (secondary N) is 1. The molecule has 0 aliphatic carbocycles. The summed E-state index contributed by atoms with van der Waals surface area (Å²) in [4.78, 5) is 2.45. The number of sulfonamides is 1. The van der Waals surface area contributed by atoms with Crippen LogP contribution in [0.1, 0.15) is 0 Å². The zero-order valence-electron chi connectivity index (χ0n) is 6.97. The Kier molecular flexibility index (Phi) is 1.97. The highest BCUT2D eigenvalue weighted by molar-refractivity contribution is 7.89. The van der Waals surface area contributed by atoms with Crippen LogP contribution in [0.25, 0.3) is 0 Å². The third-order valence-electron chi connectivity index (χ3n) is 1.90. The largest absolute Gasteiger partial charge is 0.294 e. The summed E-state index contributed by atoms with van der Waals surface area (Å²) in [5.74, 6) is 0.169. The van der Waals surface area contributed by atoms with Crippen LogP contribution in [0.3, 0.4) is 0 Å². The second-order valence-corrected chi connectivity index (χ2v) is 4.72. The molecule has 0 unspecified atom stereocenters. The molecule has 1 fully saturated rings. The van der Waals surface area contributed by atoms with Gasteiger partial charge in [0.25, 0.3) is 0 Å². The molecule has 0 spiro atoms. The van der Waals surface area contributed by atoms with E-state index in [9.17, 15) is 8.42 Å². The molecule has 1 N–H and O–H groups in total. The Bertz CT molecular complexity index is 388. The van der Waals surface area contributed by atoms with E-state index in [1.807, 2.05) is 30.3 Å². The molecule has 0 radical (unpaired) electrons. The van der Waals surface area contributed by atoms with Crippen LogP contribution in [0.4, 0.5) is 5.69 Å². The fourth-order valence-electron chi connectivity index (χ4n) is 1.26. The molecule has 1 aliphatic heterocycles. The highest BCUT2D eigenvalue weighted by Crippen LogP contribution is 2.14. The Morgan fingerprint density at radius 3 is 2.46 bits per heavy atom. The molecule has 1 heterocycles. The first-order chi connectivity index (χ1) is 6.17. The summed E-state index contributed by atoms with van der Waals surface area (Å²) in [6.45, 7) is 0.506. The van der Waals surface area contributed by atoms with Gasteiger partial charge in [0.1, 0.15) is 0 Å². The van der Waals surface area contributed by atoms with E-state index in [2.05, 4.69) is 4.83 Å². The van der Waals surface area contributed by atoms with Gasteiger partial charge < -0.3 is 0 Å². The molecule has 1 aromatic carbocycles. The highest BCUT2D eigenvalue weighted by Gasteiger charge is 2.24. The second-order valence-electron chi connectivity index (χ2n) is 2.90. The molecule has 0 atom stereocenters. The quantitative estimate of drug-likeness (QED) is 0.708. The molecule has 2 rings (SSSR count). The van der Waals surface area contributed by atoms with Crippen LogP contribution in [-0.4, -0.2) is 20.7 Å². The van der Waals surface area contributed by atoms with Gasteiger partial charge in [0.15, 0.2) is 0 Å². The molecule has 0 bridgehead atoms. The van der Waals surface area contributed by atoms with Gasteiger partial charge in [0, 0.05) is 0 Å². The smallest absolute Gasteiger partial charge is 0.230 e. The Labute approximate surface area is 77.2 Å². The lowest BCUT2D eigenvalue weighted by atomic mass is 10.3. The average molecular weight is 198 g/mol. The summed E-state index contributed by atoms with van der Waals surface area (Å²) < 4.78 is 22.1. The molecular weight excluding hydrogens is 188 g/mol. The lowest BCUT2D eigenvalue weighted by Crippen LogP contribution is -2.32. The van der Waals surface area contributed by atoms with E-state index in [0.717, 1.165) is 5.69 Å². The number of para-hydroxylation sites is 1. The van der Waals surface area contributed by atoms with Crippen LogP contribution in [0, 0.1) is 0 Å². The van der Waals surface area contributed by atoms with Gasteiger partial charge in [-0.2, -0.15) is 0 Å². The lowest BCUT2D eigenvalue weighted by molar-refractivity contribution is 0.592. The van der Waals surface area contributed by atoms with Crippen LogP contribution >= 0.6 is 0 Å². The Morgan fingerprint density at radius 2 is 1.92 bits per heavy atom. The summed E-state index contributed by atoms with van der Waals surface area (Å²) in [6, 6.07) is 9.39. The normalized spacial score (nSPS) is 20.5. The van der Waals surface area contributed by atoms with Crippen LogP contribution in [0.15, 0.2) is 30.3 Å². The Balaban J connectivity index is 2.22. The third kappa shape index (κ3) is 1.81. The van der Waals surface area contributed by atoms with E-state index in [0.29, 0.717) is 6.54 Å². The van der Waals surface area contributed by atoms with Crippen molar-refractivity contribution in [3.8, 4) is 0 Å². The minimum Gasteiger partial charge on any atom is -0.294 e. The number of nitrogens with zero attached hydrogens (tertiary/aromatic N) is 1. The maximum Gasteiger partial charge on any atom is 0.230 e. The molecule has 0 amide bonds. The minimum absolute atomic E-state index is 0.169. The van der Waals surface area contributed by atoms with Crippen molar-refractivity contribution in [2.75, 3.05) is 17.3 Å². The highest BCUT2D eigenvalue weighted by atomic mass is 32.2. The van der Waals surface area contributed by atoms with Crippen LogP contribution in [0.5, 0.6) is 0 Å². The minimum atomic E-state index is -3.07. The SMILES string of the molecule is O=S1(=O)CCN(c2ccccc2)N1. The van der Waals surface area contributed by atoms with Gasteiger partial charge in [0.05, 0.1) is 18.0 Å². The summed E-state index contributed by atoms with van der Waals surface area (Å²) in [5.41, 5.74) is 0.878. The standard InChI is InChI=1S/C8H10N2O2S/c11-13(12)7-6-10(9-13)8-4-2-1-3-5-8/h1-5,9H,6-7H2. The zero-order valence-corrected chi connectivity index (χ0v) is 7.79. The van der Waals surface area contributed by atoms with Crippen molar-refractivity contribution in [2.45, 2.75) is 0 Å². The van der Waals surface area contributed by atoms with Crippen molar-refractivity contribution < 1.29 is 8.42 Å². The van der Waals surface area contributed by atoms with Crippen molar-refractivity contribution in [1.29, 1.82) is 0 Å². The molecule has 5 heteroatoms. The summed E-state index contributed by atoms with van der Waals surface area (Å²) in [5, 5.41) is 1.63. The number of benzene rings is 1. The molecule has 1 saturated heterocycles. The summed E-state index contributed by atoms with van der Waals surface area (Å²) in [7, 11) is -3.07. The van der Waals surface area contributed by atoms with Crippen molar-refractivity contribution in [1.82, 2.24) is 4.83 Å². The second kappa shape index (κ2) is 3.01. The molecule has 0 aromatic heterocycles. The topological polar surface area (TPSA) is 49.4 Å². The van der Waals surface area contributed by atoms with Crippen LogP contribution in [0.2, 0.25) is 0 Å². The zero-order chi connectivity index (χ0) is 9.31. The fraction of sp³-hybridized carbons (Fsp3) is 0.250. The van der Waals surface area contributed by atoms with E-state index in [1.165, 1.54) is 0 Å². The van der Waals surface area contributed by atoms with Gasteiger partial charge >= 0.3 is 0 Å². The van der Waals surface area contributed by atoms with E-state index < -0.39 is 10.0 Å².